The van der Waals surface area contributed by atoms with E-state index in [1.54, 1.807) is 7.11 Å². The van der Waals surface area contributed by atoms with Crippen LogP contribution < -0.4 is 15.4 Å². The number of carbonyl (C=O) groups is 2. The summed E-state index contributed by atoms with van der Waals surface area (Å²) in [7, 11) is 3.15. The number of ether oxygens (including phenoxy) is 3. The molecule has 178 valence electrons. The number of nitrogens with zero attached hydrogens (tertiary/aromatic N) is 1. The normalized spacial score (nSPS) is 12.4. The van der Waals surface area contributed by atoms with Crippen molar-refractivity contribution in [3.05, 3.63) is 70.9 Å². The first kappa shape index (κ1) is 23.2. The van der Waals surface area contributed by atoms with Gasteiger partial charge in [-0.15, -0.1) is 0 Å². The molecule has 2 N–H and O–H groups in total. The third-order valence-corrected chi connectivity index (χ3v) is 5.94. The number of fused-ring (bicyclic) bond motifs is 3. The third-order valence-electron chi connectivity index (χ3n) is 5.94. The molecule has 4 rings (SSSR count). The van der Waals surface area contributed by atoms with E-state index in [1.165, 1.54) is 12.6 Å². The number of hydrogen-bond acceptors (Lipinski definition) is 5. The van der Waals surface area contributed by atoms with Crippen LogP contribution in [0.4, 0.5) is 9.59 Å². The molecule has 1 unspecified atom stereocenters. The number of carbonyl (C=O) groups excluding carboxylic acids is 2. The van der Waals surface area contributed by atoms with Gasteiger partial charge in [0.1, 0.15) is 18.5 Å². The first-order valence-corrected chi connectivity index (χ1v) is 11.3. The number of rotatable bonds is 7. The molecule has 1 atom stereocenters. The summed E-state index contributed by atoms with van der Waals surface area (Å²) >= 11 is 0. The van der Waals surface area contributed by atoms with Gasteiger partial charge in [-0.05, 0) is 55.3 Å². The molecule has 8 nitrogen and oxygen atoms in total. The Morgan fingerprint density at radius 1 is 1.09 bits per heavy atom. The number of para-hydroxylation sites is 1. The fourth-order valence-corrected chi connectivity index (χ4v) is 4.44. The van der Waals surface area contributed by atoms with Crippen LogP contribution in [0, 0.1) is 0 Å². The van der Waals surface area contributed by atoms with Crippen molar-refractivity contribution in [2.24, 2.45) is 0 Å². The number of hydrogen-bond donors (Lipinski definition) is 2. The molecule has 8 heteroatoms. The van der Waals surface area contributed by atoms with Crippen LogP contribution in [0.25, 0.3) is 16.9 Å². The number of methoxy groups -OCH3 is 1. The van der Waals surface area contributed by atoms with Crippen LogP contribution >= 0.6 is 0 Å². The van der Waals surface area contributed by atoms with Gasteiger partial charge in [0, 0.05) is 42.5 Å². The number of benzene rings is 2. The second-order valence-electron chi connectivity index (χ2n) is 7.96. The van der Waals surface area contributed by atoms with Crippen molar-refractivity contribution >= 4 is 12.2 Å². The molecule has 0 bridgehead atoms. The van der Waals surface area contributed by atoms with Crippen molar-refractivity contribution in [2.45, 2.75) is 33.0 Å². The van der Waals surface area contributed by atoms with Crippen LogP contribution in [0.1, 0.15) is 42.3 Å². The Bertz CT molecular complexity index is 1200. The van der Waals surface area contributed by atoms with Crippen LogP contribution in [0.2, 0.25) is 0 Å². The molecule has 0 aliphatic carbocycles. The van der Waals surface area contributed by atoms with Crippen molar-refractivity contribution in [1.82, 2.24) is 15.2 Å². The Balaban J connectivity index is 1.92. The summed E-state index contributed by atoms with van der Waals surface area (Å²) in [5.74, 6) is 0.744. The molecule has 0 fully saturated rings. The predicted octanol–water partition coefficient (Wildman–Crippen LogP) is 4.72. The summed E-state index contributed by atoms with van der Waals surface area (Å²) in [6.07, 6.45) is -0.930. The highest BCUT2D eigenvalue weighted by molar-refractivity contribution is 5.76. The highest BCUT2D eigenvalue weighted by Gasteiger charge is 2.33. The van der Waals surface area contributed by atoms with Gasteiger partial charge in [-0.3, -0.25) is 0 Å². The van der Waals surface area contributed by atoms with E-state index < -0.39 is 18.3 Å². The van der Waals surface area contributed by atoms with Gasteiger partial charge in [-0.1, -0.05) is 18.2 Å². The highest BCUT2D eigenvalue weighted by atomic mass is 16.6. The molecule has 1 aliphatic rings. The van der Waals surface area contributed by atoms with E-state index in [0.717, 1.165) is 39.5 Å². The average Bonchev–Trinajstić information content (AvgIpc) is 3.37. The standard InChI is InChI=1S/C26H29N3O5/c1-5-28-26(31)33-15-20-22-14-18-8-6-7-9-21(18)29(22)24(17-10-12-19(32-4)13-11-17)23(20)16(2)34-25(30)27-3/h6-13,16H,5,14-15H2,1-4H3,(H,27,30)(H,28,31). The Hall–Kier alpha value is -3.94. The van der Waals surface area contributed by atoms with Gasteiger partial charge in [-0.2, -0.15) is 0 Å². The molecule has 0 saturated carbocycles. The molecular weight excluding hydrogens is 434 g/mol. The zero-order chi connectivity index (χ0) is 24.2. The van der Waals surface area contributed by atoms with E-state index in [1.807, 2.05) is 50.2 Å². The molecule has 2 amide bonds. The molecule has 2 aromatic carbocycles. The number of alkyl carbamates (subject to hydrolysis) is 2. The number of nitrogens with one attached hydrogen (secondary N) is 2. The molecule has 0 spiro atoms. The Labute approximate surface area is 198 Å². The minimum Gasteiger partial charge on any atom is -0.497 e. The molecule has 1 aliphatic heterocycles. The summed E-state index contributed by atoms with van der Waals surface area (Å²) in [6, 6.07) is 15.9. The SMILES string of the molecule is CCNC(=O)OCc1c(C(C)OC(=O)NC)c(-c2ccc(OC)cc2)n2c1Cc1ccccc1-2. The Morgan fingerprint density at radius 2 is 1.82 bits per heavy atom. The quantitative estimate of drug-likeness (QED) is 0.414. The summed E-state index contributed by atoms with van der Waals surface area (Å²) in [5, 5.41) is 5.18. The van der Waals surface area contributed by atoms with Crippen molar-refractivity contribution in [1.29, 1.82) is 0 Å². The minimum atomic E-state index is -0.588. The average molecular weight is 464 g/mol. The lowest BCUT2D eigenvalue weighted by Crippen LogP contribution is -2.24. The minimum absolute atomic E-state index is 0.0576. The van der Waals surface area contributed by atoms with Crippen LogP contribution in [0.5, 0.6) is 5.75 Å². The lowest BCUT2D eigenvalue weighted by molar-refractivity contribution is 0.106. The number of amides is 2. The topological polar surface area (TPSA) is 90.8 Å². The molecular formula is C26H29N3O5. The fraction of sp³-hybridized carbons (Fsp3) is 0.308. The largest absolute Gasteiger partial charge is 0.497 e. The van der Waals surface area contributed by atoms with Crippen molar-refractivity contribution in [3.8, 4) is 22.7 Å². The first-order valence-electron chi connectivity index (χ1n) is 11.3. The van der Waals surface area contributed by atoms with E-state index in [4.69, 9.17) is 14.2 Å². The molecule has 0 saturated heterocycles. The van der Waals surface area contributed by atoms with E-state index in [-0.39, 0.29) is 6.61 Å². The predicted molar refractivity (Wildman–Crippen MR) is 128 cm³/mol. The Kier molecular flexibility index (Phi) is 6.77. The lowest BCUT2D eigenvalue weighted by Gasteiger charge is -2.19. The fourth-order valence-electron chi connectivity index (χ4n) is 4.44. The zero-order valence-corrected chi connectivity index (χ0v) is 19.8. The lowest BCUT2D eigenvalue weighted by atomic mass is 9.97. The van der Waals surface area contributed by atoms with Gasteiger partial charge in [-0.25, -0.2) is 9.59 Å². The number of aromatic nitrogens is 1. The first-order chi connectivity index (χ1) is 16.5. The molecule has 34 heavy (non-hydrogen) atoms. The molecule has 1 aromatic heterocycles. The van der Waals surface area contributed by atoms with Crippen molar-refractivity contribution < 1.29 is 23.8 Å². The van der Waals surface area contributed by atoms with Gasteiger partial charge in [0.2, 0.25) is 0 Å². The third kappa shape index (κ3) is 4.31. The van der Waals surface area contributed by atoms with Gasteiger partial charge in [0.05, 0.1) is 12.8 Å². The monoisotopic (exact) mass is 463 g/mol. The highest BCUT2D eigenvalue weighted by Crippen LogP contribution is 2.44. The van der Waals surface area contributed by atoms with Crippen LogP contribution in [-0.4, -0.2) is 37.5 Å². The van der Waals surface area contributed by atoms with Gasteiger partial charge < -0.3 is 29.4 Å². The van der Waals surface area contributed by atoms with Gasteiger partial charge in [0.25, 0.3) is 0 Å². The smallest absolute Gasteiger partial charge is 0.407 e. The maximum absolute atomic E-state index is 12.1. The van der Waals surface area contributed by atoms with E-state index in [9.17, 15) is 9.59 Å². The maximum atomic E-state index is 12.1. The summed E-state index contributed by atoms with van der Waals surface area (Å²) in [6.45, 7) is 4.19. The molecule has 2 heterocycles. The summed E-state index contributed by atoms with van der Waals surface area (Å²) in [4.78, 5) is 24.2. The van der Waals surface area contributed by atoms with E-state index in [2.05, 4.69) is 27.3 Å². The van der Waals surface area contributed by atoms with Gasteiger partial charge in [0.15, 0.2) is 0 Å². The summed E-state index contributed by atoms with van der Waals surface area (Å²) < 4.78 is 18.8. The van der Waals surface area contributed by atoms with Crippen molar-refractivity contribution in [3.63, 3.8) is 0 Å². The Morgan fingerprint density at radius 3 is 2.50 bits per heavy atom. The zero-order valence-electron chi connectivity index (χ0n) is 19.8. The van der Waals surface area contributed by atoms with Crippen molar-refractivity contribution in [2.75, 3.05) is 20.7 Å². The molecule has 3 aromatic rings. The van der Waals surface area contributed by atoms with Crippen LogP contribution in [0.15, 0.2) is 48.5 Å². The van der Waals surface area contributed by atoms with Gasteiger partial charge >= 0.3 is 12.2 Å². The maximum Gasteiger partial charge on any atom is 0.407 e. The van der Waals surface area contributed by atoms with Crippen LogP contribution in [-0.2, 0) is 22.5 Å². The van der Waals surface area contributed by atoms with E-state index in [0.29, 0.717) is 13.0 Å². The second kappa shape index (κ2) is 9.91. The second-order valence-corrected chi connectivity index (χ2v) is 7.96. The van der Waals surface area contributed by atoms with Crippen LogP contribution in [0.3, 0.4) is 0 Å². The van der Waals surface area contributed by atoms with E-state index >= 15 is 0 Å². The molecule has 0 radical (unpaired) electrons. The summed E-state index contributed by atoms with van der Waals surface area (Å²) in [5.41, 5.74) is 6.73.